The first-order valence-electron chi connectivity index (χ1n) is 10.7. The minimum atomic E-state index is -4.66. The molecule has 0 radical (unpaired) electrons. The number of fused-ring (bicyclic) bond motifs is 1. The lowest BCUT2D eigenvalue weighted by molar-refractivity contribution is -0.137. The zero-order valence-corrected chi connectivity index (χ0v) is 22.3. The first kappa shape index (κ1) is 26.3. The molecule has 2 amide bonds. The summed E-state index contributed by atoms with van der Waals surface area (Å²) in [7, 11) is 0. The van der Waals surface area contributed by atoms with Gasteiger partial charge in [0.15, 0.2) is 0 Å². The van der Waals surface area contributed by atoms with Crippen LogP contribution >= 0.6 is 58.2 Å². The first-order valence-corrected chi connectivity index (χ1v) is 13.3. The molecule has 0 aliphatic carbocycles. The van der Waals surface area contributed by atoms with Gasteiger partial charge in [-0.15, -0.1) is 11.8 Å². The van der Waals surface area contributed by atoms with Gasteiger partial charge in [-0.2, -0.15) is 13.2 Å². The molecule has 4 aromatic rings. The summed E-state index contributed by atoms with van der Waals surface area (Å²) in [5.74, 6) is 0.664. The zero-order chi connectivity index (χ0) is 26.5. The number of nitrogens with zero attached hydrogens (tertiary/aromatic N) is 3. The van der Waals surface area contributed by atoms with Crippen molar-refractivity contribution in [2.24, 2.45) is 0 Å². The highest BCUT2D eigenvalue weighted by molar-refractivity contribution is 7.99. The molecule has 5 nitrogen and oxygen atoms in total. The van der Waals surface area contributed by atoms with Gasteiger partial charge in [0.05, 0.1) is 31.7 Å². The number of benzene rings is 2. The Bertz CT molecular complexity index is 1490. The Balaban J connectivity index is 1.65. The lowest BCUT2D eigenvalue weighted by Crippen LogP contribution is -2.34. The van der Waals surface area contributed by atoms with Crippen LogP contribution in [0.1, 0.15) is 16.6 Å². The Morgan fingerprint density at radius 1 is 1.03 bits per heavy atom. The molecule has 37 heavy (non-hydrogen) atoms. The van der Waals surface area contributed by atoms with E-state index in [4.69, 9.17) is 46.4 Å². The van der Waals surface area contributed by atoms with Gasteiger partial charge in [0, 0.05) is 29.2 Å². The number of amides is 2. The van der Waals surface area contributed by atoms with Crippen LogP contribution in [0.25, 0.3) is 16.9 Å². The van der Waals surface area contributed by atoms with E-state index in [1.807, 2.05) is 0 Å². The summed E-state index contributed by atoms with van der Waals surface area (Å²) in [5.41, 5.74) is 0.372. The molecule has 0 spiro atoms. The minimum absolute atomic E-state index is 0.0826. The maximum Gasteiger partial charge on any atom is 0.417 e. The van der Waals surface area contributed by atoms with Crippen LogP contribution in [0.5, 0.6) is 0 Å². The number of pyridine rings is 1. The smallest absolute Gasteiger partial charge is 0.308 e. The fraction of sp³-hybridized carbons (Fsp3) is 0.167. The van der Waals surface area contributed by atoms with Crippen LogP contribution in [0.15, 0.2) is 54.7 Å². The van der Waals surface area contributed by atoms with Crippen LogP contribution in [-0.4, -0.2) is 32.6 Å². The van der Waals surface area contributed by atoms with E-state index in [0.717, 1.165) is 12.3 Å². The fourth-order valence-electron chi connectivity index (χ4n) is 4.04. The Morgan fingerprint density at radius 3 is 2.35 bits per heavy atom. The van der Waals surface area contributed by atoms with Gasteiger partial charge in [0.2, 0.25) is 0 Å². The molecule has 13 heteroatoms. The highest BCUT2D eigenvalue weighted by atomic mass is 35.5. The number of aromatic nitrogens is 2. The monoisotopic (exact) mass is 604 g/mol. The minimum Gasteiger partial charge on any atom is -0.308 e. The molecule has 1 fully saturated rings. The zero-order valence-electron chi connectivity index (χ0n) is 18.5. The summed E-state index contributed by atoms with van der Waals surface area (Å²) in [6.07, 6.45) is -3.75. The van der Waals surface area contributed by atoms with E-state index in [2.05, 4.69) is 10.3 Å². The van der Waals surface area contributed by atoms with Crippen molar-refractivity contribution in [2.75, 3.05) is 17.6 Å². The van der Waals surface area contributed by atoms with Crippen LogP contribution in [0.3, 0.4) is 0 Å². The summed E-state index contributed by atoms with van der Waals surface area (Å²) in [6, 6.07) is 11.8. The van der Waals surface area contributed by atoms with Gasteiger partial charge >= 0.3 is 12.2 Å². The summed E-state index contributed by atoms with van der Waals surface area (Å²) < 4.78 is 42.3. The van der Waals surface area contributed by atoms with E-state index in [-0.39, 0.29) is 32.0 Å². The second-order valence-electron chi connectivity index (χ2n) is 8.06. The highest BCUT2D eigenvalue weighted by Gasteiger charge is 2.37. The largest absolute Gasteiger partial charge is 0.417 e. The topological polar surface area (TPSA) is 49.6 Å². The summed E-state index contributed by atoms with van der Waals surface area (Å²) in [6.45, 7) is 0.383. The van der Waals surface area contributed by atoms with Gasteiger partial charge in [0.1, 0.15) is 16.9 Å². The maximum absolute atomic E-state index is 13.7. The molecule has 192 valence electrons. The SMILES string of the molecule is O=C(Nc1ccc(Cl)cc1)N1CCS[C@@H]1c1nc(-c2c(Cl)cccc2Cl)n2cc(C(F)(F)F)cc(Cl)c12. The van der Waals surface area contributed by atoms with Gasteiger partial charge in [-0.05, 0) is 42.5 Å². The lowest BCUT2D eigenvalue weighted by atomic mass is 10.2. The number of hydrogen-bond acceptors (Lipinski definition) is 3. The molecule has 1 saturated heterocycles. The number of urea groups is 1. The first-order chi connectivity index (χ1) is 17.5. The van der Waals surface area contributed by atoms with E-state index < -0.39 is 23.1 Å². The normalized spacial score (nSPS) is 16.0. The number of imidazole rings is 1. The Kier molecular flexibility index (Phi) is 7.19. The molecule has 3 heterocycles. The van der Waals surface area contributed by atoms with Crippen molar-refractivity contribution in [2.45, 2.75) is 11.6 Å². The van der Waals surface area contributed by atoms with Gasteiger partial charge in [-0.1, -0.05) is 52.5 Å². The van der Waals surface area contributed by atoms with Crippen molar-refractivity contribution >= 4 is 75.4 Å². The molecule has 0 unspecified atom stereocenters. The average molecular weight is 606 g/mol. The van der Waals surface area contributed by atoms with Crippen LogP contribution in [-0.2, 0) is 6.18 Å². The number of rotatable bonds is 3. The Morgan fingerprint density at radius 2 is 1.70 bits per heavy atom. The molecule has 1 N–H and O–H groups in total. The van der Waals surface area contributed by atoms with Gasteiger partial charge in [-0.3, -0.25) is 4.40 Å². The van der Waals surface area contributed by atoms with Crippen LogP contribution in [0.4, 0.5) is 23.7 Å². The van der Waals surface area contributed by atoms with Crippen molar-refractivity contribution in [3.8, 4) is 11.4 Å². The predicted octanol–water partition coefficient (Wildman–Crippen LogP) is 8.91. The molecule has 1 aliphatic rings. The summed E-state index contributed by atoms with van der Waals surface area (Å²) in [5, 5.41) is 2.95. The van der Waals surface area contributed by atoms with Crippen molar-refractivity contribution in [1.29, 1.82) is 0 Å². The molecule has 1 atom stereocenters. The molecule has 5 rings (SSSR count). The second kappa shape index (κ2) is 10.1. The quantitative estimate of drug-likeness (QED) is 0.254. The summed E-state index contributed by atoms with van der Waals surface area (Å²) in [4.78, 5) is 19.4. The highest BCUT2D eigenvalue weighted by Crippen LogP contribution is 2.45. The maximum atomic E-state index is 13.7. The molecule has 1 aliphatic heterocycles. The van der Waals surface area contributed by atoms with Gasteiger partial charge in [0.25, 0.3) is 0 Å². The second-order valence-corrected chi connectivity index (χ2v) is 10.9. The van der Waals surface area contributed by atoms with Crippen LogP contribution < -0.4 is 5.32 Å². The number of alkyl halides is 3. The van der Waals surface area contributed by atoms with E-state index >= 15 is 0 Å². The number of carbonyl (C=O) groups is 1. The number of nitrogens with one attached hydrogen (secondary N) is 1. The standard InChI is InChI=1S/C24H15Cl4F3N4OS/c25-13-4-6-14(7-5-13)32-23(36)34-8-9-37-22(34)19-20-17(28)10-12(24(29,30)31)11-35(20)21(33-19)18-15(26)2-1-3-16(18)27/h1-7,10-11,22H,8-9H2,(H,32,36)/t22-/m1/s1. The molecular weight excluding hydrogens is 591 g/mol. The Hall–Kier alpha value is -2.30. The number of halogens is 7. The number of hydrogen-bond donors (Lipinski definition) is 1. The van der Waals surface area contributed by atoms with Gasteiger partial charge < -0.3 is 10.2 Å². The van der Waals surface area contributed by atoms with E-state index in [1.165, 1.54) is 16.2 Å². The van der Waals surface area contributed by atoms with E-state index in [0.29, 0.717) is 28.7 Å². The van der Waals surface area contributed by atoms with E-state index in [9.17, 15) is 18.0 Å². The predicted molar refractivity (Wildman–Crippen MR) is 143 cm³/mol. The fourth-order valence-corrected chi connectivity index (χ4v) is 6.27. The average Bonchev–Trinajstić information content (AvgIpc) is 3.45. The van der Waals surface area contributed by atoms with Crippen molar-refractivity contribution in [3.63, 3.8) is 0 Å². The number of anilines is 1. The molecule has 2 aromatic carbocycles. The van der Waals surface area contributed by atoms with Crippen molar-refractivity contribution in [1.82, 2.24) is 14.3 Å². The number of thioether (sulfide) groups is 1. The third kappa shape index (κ3) is 5.07. The third-order valence-corrected chi connectivity index (χ3v) is 8.09. The molecule has 2 aromatic heterocycles. The van der Waals surface area contributed by atoms with E-state index in [1.54, 1.807) is 47.4 Å². The molecule has 0 bridgehead atoms. The third-order valence-electron chi connectivity index (χ3n) is 5.71. The molecular formula is C24H15Cl4F3N4OS. The van der Waals surface area contributed by atoms with Crippen LogP contribution in [0, 0.1) is 0 Å². The summed E-state index contributed by atoms with van der Waals surface area (Å²) >= 11 is 26.6. The van der Waals surface area contributed by atoms with Crippen molar-refractivity contribution < 1.29 is 18.0 Å². The lowest BCUT2D eigenvalue weighted by Gasteiger charge is -2.23. The van der Waals surface area contributed by atoms with Crippen molar-refractivity contribution in [3.05, 3.63) is 86.1 Å². The van der Waals surface area contributed by atoms with Gasteiger partial charge in [-0.25, -0.2) is 9.78 Å². The Labute approximate surface area is 233 Å². The van der Waals surface area contributed by atoms with Crippen LogP contribution in [0.2, 0.25) is 20.1 Å². The number of carbonyl (C=O) groups excluding carboxylic acids is 1. The molecule has 0 saturated carbocycles.